The van der Waals surface area contributed by atoms with Crippen molar-refractivity contribution in [3.05, 3.63) is 36.0 Å². The summed E-state index contributed by atoms with van der Waals surface area (Å²) >= 11 is 0. The van der Waals surface area contributed by atoms with Crippen LogP contribution < -0.4 is 14.2 Å². The molecule has 7 atom stereocenters. The van der Waals surface area contributed by atoms with E-state index in [1.165, 1.54) is 32.2 Å². The van der Waals surface area contributed by atoms with Gasteiger partial charge in [0.2, 0.25) is 33.4 Å². The fourth-order valence-corrected chi connectivity index (χ4v) is 9.92. The monoisotopic (exact) mass is 928 g/mol. The Balaban J connectivity index is 1.42. The minimum atomic E-state index is -5.06. The molecule has 4 aliphatic rings. The number of alkyl halides is 5. The highest BCUT2D eigenvalue weighted by Gasteiger charge is 2.63. The average molecular weight is 929 g/mol. The van der Waals surface area contributed by atoms with Crippen molar-refractivity contribution in [2.75, 3.05) is 26.9 Å². The van der Waals surface area contributed by atoms with E-state index in [0.717, 1.165) is 18.7 Å². The molecule has 2 aliphatic carbocycles. The molecular weight excluding hydrogens is 872 g/mol. The van der Waals surface area contributed by atoms with Crippen LogP contribution in [0.5, 0.6) is 11.6 Å². The first-order valence-corrected chi connectivity index (χ1v) is 23.1. The lowest BCUT2D eigenvalue weighted by Crippen LogP contribution is -2.49. The Morgan fingerprint density at radius 3 is 2.36 bits per heavy atom. The second kappa shape index (κ2) is 18.1. The van der Waals surface area contributed by atoms with E-state index in [2.05, 4.69) is 14.7 Å². The molecular formula is C44H57F5N4O10S. The predicted molar refractivity (Wildman–Crippen MR) is 222 cm³/mol. The second-order valence-electron chi connectivity index (χ2n) is 18.7. The third-order valence-electron chi connectivity index (χ3n) is 13.3. The van der Waals surface area contributed by atoms with Crippen molar-refractivity contribution in [2.24, 2.45) is 29.1 Å². The van der Waals surface area contributed by atoms with Gasteiger partial charge in [-0.15, -0.1) is 0 Å². The van der Waals surface area contributed by atoms with Gasteiger partial charge in [0.15, 0.2) is 11.4 Å². The lowest BCUT2D eigenvalue weighted by molar-refractivity contribution is -0.197. The van der Waals surface area contributed by atoms with Crippen LogP contribution in [0.2, 0.25) is 0 Å². The maximum absolute atomic E-state index is 15.1. The van der Waals surface area contributed by atoms with Crippen LogP contribution in [0.4, 0.5) is 22.0 Å². The van der Waals surface area contributed by atoms with Crippen molar-refractivity contribution in [1.29, 1.82) is 0 Å². The van der Waals surface area contributed by atoms with Crippen LogP contribution in [-0.4, -0.2) is 102 Å². The van der Waals surface area contributed by atoms with Crippen molar-refractivity contribution in [3.63, 3.8) is 0 Å². The van der Waals surface area contributed by atoms with Gasteiger partial charge in [-0.1, -0.05) is 19.1 Å². The average Bonchev–Trinajstić information content (AvgIpc) is 4.07. The fraction of sp³-hybridized carbons (Fsp3) is 0.682. The molecule has 1 N–H and O–H groups in total. The van der Waals surface area contributed by atoms with E-state index in [1.807, 2.05) is 13.0 Å². The highest BCUT2D eigenvalue weighted by molar-refractivity contribution is 7.91. The van der Waals surface area contributed by atoms with Gasteiger partial charge in [0, 0.05) is 39.5 Å². The fourth-order valence-electron chi connectivity index (χ4n) is 8.58. The zero-order chi connectivity index (χ0) is 47.2. The summed E-state index contributed by atoms with van der Waals surface area (Å²) in [7, 11) is -2.75. The highest BCUT2D eigenvalue weighted by Crippen LogP contribution is 2.58. The summed E-state index contributed by atoms with van der Waals surface area (Å²) in [6.07, 6.45) is -2.27. The lowest BCUT2D eigenvalue weighted by atomic mass is 9.81. The number of carbonyl (C=O) groups excluding carboxylic acids is 4. The number of ether oxygens (including phenoxy) is 4. The largest absolute Gasteiger partial charge is 0.494 e. The van der Waals surface area contributed by atoms with Crippen LogP contribution in [0.25, 0.3) is 11.0 Å². The number of nitrogens with zero attached hydrogens (tertiary/aromatic N) is 3. The van der Waals surface area contributed by atoms with Crippen molar-refractivity contribution in [1.82, 2.24) is 19.6 Å². The number of allylic oxidation sites excluding steroid dienone is 2. The third kappa shape index (κ3) is 10.5. The molecule has 14 nitrogen and oxygen atoms in total. The molecule has 0 unspecified atom stereocenters. The third-order valence-corrected chi connectivity index (χ3v) is 15.4. The van der Waals surface area contributed by atoms with Crippen LogP contribution in [0, 0.1) is 29.1 Å². The van der Waals surface area contributed by atoms with Gasteiger partial charge in [-0.3, -0.25) is 23.9 Å². The molecule has 0 spiro atoms. The first-order valence-electron chi connectivity index (χ1n) is 21.6. The molecule has 2 aromatic rings. The highest BCUT2D eigenvalue weighted by atomic mass is 32.2. The standard InChI is InChI=1S/C44H57F5N4O10S/c1-8-61-28-13-14-31-32(18-28)51-37(36(50-31)44(47,48)49)62-29-19-33-34(54)22-43(39(57)52-64(58,59)41(5)15-16-41)21-27(43)12-10-9-11-25(2)17-26(24-60-7)30(38(56)53(33)23-29)20-35(55)63-40(3,4)42(6,45)46/h10,12-14,18,25-27,29-30,33H,8-9,11,15-17,19-24H2,1-7H3,(H,52,57)/b12-10-/t25-,26-,27+,29+,30-,33-,43+/m0/s1. The van der Waals surface area contributed by atoms with E-state index in [-0.39, 0.29) is 36.6 Å². The zero-order valence-corrected chi connectivity index (χ0v) is 37.9. The molecule has 20 heteroatoms. The predicted octanol–water partition coefficient (Wildman–Crippen LogP) is 6.98. The Hall–Kier alpha value is -4.46. The minimum absolute atomic E-state index is 0.000392. The number of sulfonamides is 1. The van der Waals surface area contributed by atoms with Crippen LogP contribution >= 0.6 is 0 Å². The van der Waals surface area contributed by atoms with Gasteiger partial charge in [-0.2, -0.15) is 13.2 Å². The van der Waals surface area contributed by atoms with Gasteiger partial charge >= 0.3 is 12.1 Å². The van der Waals surface area contributed by atoms with E-state index >= 15 is 4.79 Å². The number of amides is 2. The molecule has 2 amide bonds. The van der Waals surface area contributed by atoms with E-state index in [1.54, 1.807) is 13.0 Å². The first kappa shape index (κ1) is 49.0. The Kier molecular flexibility index (Phi) is 13.8. The summed E-state index contributed by atoms with van der Waals surface area (Å²) in [5.74, 6) is -10.4. The van der Waals surface area contributed by atoms with E-state index in [4.69, 9.17) is 18.9 Å². The maximum atomic E-state index is 15.1. The van der Waals surface area contributed by atoms with Gasteiger partial charge in [0.1, 0.15) is 11.9 Å². The van der Waals surface area contributed by atoms with Crippen LogP contribution in [0.1, 0.15) is 105 Å². The molecule has 2 aliphatic heterocycles. The number of aromatic nitrogens is 2. The van der Waals surface area contributed by atoms with Crippen molar-refractivity contribution in [3.8, 4) is 11.6 Å². The Morgan fingerprint density at radius 2 is 1.73 bits per heavy atom. The number of hydrogen-bond acceptors (Lipinski definition) is 12. The van der Waals surface area contributed by atoms with Crippen LogP contribution in [0.15, 0.2) is 30.4 Å². The molecule has 1 aromatic heterocycles. The number of ketones is 1. The molecule has 3 heterocycles. The van der Waals surface area contributed by atoms with Crippen molar-refractivity contribution < 1.29 is 68.5 Å². The van der Waals surface area contributed by atoms with E-state index < -0.39 is 129 Å². The molecule has 0 radical (unpaired) electrons. The Morgan fingerprint density at radius 1 is 1.03 bits per heavy atom. The van der Waals surface area contributed by atoms with E-state index in [0.29, 0.717) is 44.8 Å². The number of methoxy groups -OCH3 is 1. The Labute approximate surface area is 369 Å². The number of hydrogen-bond donors (Lipinski definition) is 1. The normalized spacial score (nSPS) is 28.3. The number of benzene rings is 1. The number of Topliss-reactive ketones (excluding diaryl/α,β-unsaturated/α-hetero) is 1. The zero-order valence-electron chi connectivity index (χ0n) is 37.1. The SMILES string of the molecule is CCOc1ccc2nc(C(F)(F)F)c(O[C@@H]3C[C@H]4C(=O)C[C@]5(C(=O)NS(=O)(=O)C6(C)CC6)C[C@H]5/C=C\CC[C@H](C)C[C@@H](COC)[C@H](CC(=O)OC(C)(C)C(C)(F)F)C(=O)N4C3)nc2c1. The van der Waals surface area contributed by atoms with Gasteiger partial charge in [-0.05, 0) is 96.1 Å². The van der Waals surface area contributed by atoms with Gasteiger partial charge in [-0.25, -0.2) is 27.2 Å². The number of nitrogens with one attached hydrogen (secondary N) is 1. The van der Waals surface area contributed by atoms with Crippen molar-refractivity contribution >= 4 is 44.6 Å². The molecule has 1 saturated heterocycles. The number of carbonyl (C=O) groups is 4. The molecule has 1 aromatic carbocycles. The van der Waals surface area contributed by atoms with Gasteiger partial charge in [0.05, 0.1) is 52.7 Å². The van der Waals surface area contributed by atoms with Crippen molar-refractivity contribution in [2.45, 2.75) is 134 Å². The quantitative estimate of drug-likeness (QED) is 0.124. The molecule has 0 bridgehead atoms. The summed E-state index contributed by atoms with van der Waals surface area (Å²) < 4.78 is 123. The summed E-state index contributed by atoms with van der Waals surface area (Å²) in [5, 5.41) is 0. The maximum Gasteiger partial charge on any atom is 0.438 e. The lowest BCUT2D eigenvalue weighted by Gasteiger charge is -2.35. The Bertz CT molecular complexity index is 2260. The van der Waals surface area contributed by atoms with Gasteiger partial charge < -0.3 is 23.8 Å². The summed E-state index contributed by atoms with van der Waals surface area (Å²) in [4.78, 5) is 66.6. The smallest absolute Gasteiger partial charge is 0.438 e. The van der Waals surface area contributed by atoms with Crippen LogP contribution in [-0.2, 0) is 44.9 Å². The van der Waals surface area contributed by atoms with E-state index in [9.17, 15) is 44.8 Å². The minimum Gasteiger partial charge on any atom is -0.494 e. The number of rotatable bonds is 13. The molecule has 2 saturated carbocycles. The summed E-state index contributed by atoms with van der Waals surface area (Å²) in [6.45, 7) is 7.46. The van der Waals surface area contributed by atoms with Crippen LogP contribution in [0.3, 0.4) is 0 Å². The number of fused-ring (bicyclic) bond motifs is 3. The second-order valence-corrected chi connectivity index (χ2v) is 20.9. The first-order chi connectivity index (χ1) is 29.7. The summed E-state index contributed by atoms with van der Waals surface area (Å²) in [6, 6.07) is 2.67. The number of esters is 1. The molecule has 3 fully saturated rings. The molecule has 6 rings (SSSR count). The van der Waals surface area contributed by atoms with Gasteiger partial charge in [0.25, 0.3) is 5.92 Å². The molecule has 64 heavy (non-hydrogen) atoms. The topological polar surface area (TPSA) is 180 Å². The molecule has 354 valence electrons. The number of halogens is 5. The summed E-state index contributed by atoms with van der Waals surface area (Å²) in [5.41, 5.74) is -5.39.